The van der Waals surface area contributed by atoms with E-state index < -0.39 is 0 Å². The van der Waals surface area contributed by atoms with Crippen LogP contribution in [-0.2, 0) is 4.74 Å². The van der Waals surface area contributed by atoms with Crippen LogP contribution in [0, 0.1) is 5.92 Å². The van der Waals surface area contributed by atoms with Gasteiger partial charge >= 0.3 is 0 Å². The summed E-state index contributed by atoms with van der Waals surface area (Å²) in [4.78, 5) is 0. The smallest absolute Gasteiger partial charge is 0.0729 e. The van der Waals surface area contributed by atoms with Crippen LogP contribution in [0.5, 0.6) is 0 Å². The van der Waals surface area contributed by atoms with E-state index in [1.165, 1.54) is 12.8 Å². The molecule has 2 rings (SSSR count). The van der Waals surface area contributed by atoms with Crippen LogP contribution in [-0.4, -0.2) is 38.9 Å². The SMILES string of the molecule is C1CC(C2CNCCO2)CC[N]1. The lowest BCUT2D eigenvalue weighted by Gasteiger charge is -2.33. The molecule has 0 aromatic rings. The molecule has 1 N–H and O–H groups in total. The van der Waals surface area contributed by atoms with Crippen molar-refractivity contribution < 1.29 is 4.74 Å². The fraction of sp³-hybridized carbons (Fsp3) is 1.00. The maximum atomic E-state index is 5.71. The molecule has 1 atom stereocenters. The van der Waals surface area contributed by atoms with Crippen LogP contribution in [0.25, 0.3) is 0 Å². The molecule has 2 aliphatic heterocycles. The van der Waals surface area contributed by atoms with Crippen LogP contribution in [0.3, 0.4) is 0 Å². The molecule has 2 saturated heterocycles. The number of morpholine rings is 1. The van der Waals surface area contributed by atoms with Crippen molar-refractivity contribution in [2.24, 2.45) is 5.92 Å². The van der Waals surface area contributed by atoms with E-state index in [0.29, 0.717) is 6.10 Å². The van der Waals surface area contributed by atoms with E-state index in [1.54, 1.807) is 0 Å². The minimum absolute atomic E-state index is 0.467. The van der Waals surface area contributed by atoms with E-state index in [-0.39, 0.29) is 0 Å². The third-order valence-electron chi connectivity index (χ3n) is 2.80. The Balaban J connectivity index is 1.80. The Kier molecular flexibility index (Phi) is 2.98. The van der Waals surface area contributed by atoms with Crippen molar-refractivity contribution >= 4 is 0 Å². The Labute approximate surface area is 73.9 Å². The lowest BCUT2D eigenvalue weighted by molar-refractivity contribution is -0.0173. The van der Waals surface area contributed by atoms with Crippen molar-refractivity contribution in [3.8, 4) is 0 Å². The molecule has 2 fully saturated rings. The molecule has 0 amide bonds. The molecule has 3 heteroatoms. The number of rotatable bonds is 1. The monoisotopic (exact) mass is 169 g/mol. The van der Waals surface area contributed by atoms with Gasteiger partial charge in [-0.25, -0.2) is 5.32 Å². The predicted molar refractivity (Wildman–Crippen MR) is 47.2 cm³/mol. The highest BCUT2D eigenvalue weighted by atomic mass is 16.5. The van der Waals surface area contributed by atoms with Gasteiger partial charge in [0.05, 0.1) is 12.7 Å². The number of piperidine rings is 1. The molecular formula is C9H17N2O. The lowest BCUT2D eigenvalue weighted by atomic mass is 9.91. The molecule has 0 aromatic heterocycles. The zero-order chi connectivity index (χ0) is 8.23. The number of hydrogen-bond acceptors (Lipinski definition) is 2. The first-order chi connectivity index (χ1) is 5.97. The van der Waals surface area contributed by atoms with Gasteiger partial charge < -0.3 is 10.1 Å². The number of nitrogens with zero attached hydrogens (tertiary/aromatic N) is 1. The summed E-state index contributed by atoms with van der Waals surface area (Å²) in [7, 11) is 0. The van der Waals surface area contributed by atoms with Crippen LogP contribution in [0.15, 0.2) is 0 Å². The quantitative estimate of drug-likeness (QED) is 0.599. The van der Waals surface area contributed by atoms with Gasteiger partial charge in [0.25, 0.3) is 0 Å². The fourth-order valence-electron chi connectivity index (χ4n) is 2.03. The fourth-order valence-corrected chi connectivity index (χ4v) is 2.03. The maximum Gasteiger partial charge on any atom is 0.0729 e. The normalized spacial score (nSPS) is 33.5. The molecular weight excluding hydrogens is 152 g/mol. The molecule has 12 heavy (non-hydrogen) atoms. The van der Waals surface area contributed by atoms with Crippen molar-refractivity contribution in [3.05, 3.63) is 0 Å². The van der Waals surface area contributed by atoms with E-state index in [2.05, 4.69) is 10.6 Å². The van der Waals surface area contributed by atoms with Crippen molar-refractivity contribution in [2.75, 3.05) is 32.8 Å². The summed E-state index contributed by atoms with van der Waals surface area (Å²) >= 11 is 0. The molecule has 69 valence electrons. The summed E-state index contributed by atoms with van der Waals surface area (Å²) in [6, 6.07) is 0. The van der Waals surface area contributed by atoms with Crippen molar-refractivity contribution in [1.82, 2.24) is 10.6 Å². The standard InChI is InChI=1S/C9H17N2O/c1-3-10-4-2-8(1)9-7-11-5-6-12-9/h8-9,11H,1-7H2. The first-order valence-corrected chi connectivity index (χ1v) is 4.92. The van der Waals surface area contributed by atoms with Crippen LogP contribution < -0.4 is 10.6 Å². The van der Waals surface area contributed by atoms with Crippen molar-refractivity contribution in [1.29, 1.82) is 0 Å². The highest BCUT2D eigenvalue weighted by Crippen LogP contribution is 2.20. The van der Waals surface area contributed by atoms with Gasteiger partial charge in [0.2, 0.25) is 0 Å². The number of ether oxygens (including phenoxy) is 1. The first kappa shape index (κ1) is 8.48. The van der Waals surface area contributed by atoms with Gasteiger partial charge in [-0.3, -0.25) is 0 Å². The minimum atomic E-state index is 0.467. The summed E-state index contributed by atoms with van der Waals surface area (Å²) in [6.07, 6.45) is 2.92. The second kappa shape index (κ2) is 4.21. The third kappa shape index (κ3) is 1.97. The van der Waals surface area contributed by atoms with Crippen LogP contribution >= 0.6 is 0 Å². The van der Waals surface area contributed by atoms with Crippen LogP contribution in [0.1, 0.15) is 12.8 Å². The van der Waals surface area contributed by atoms with Crippen molar-refractivity contribution in [2.45, 2.75) is 18.9 Å². The molecule has 0 aliphatic carbocycles. The Bertz CT molecular complexity index is 112. The van der Waals surface area contributed by atoms with Crippen LogP contribution in [0.4, 0.5) is 0 Å². The van der Waals surface area contributed by atoms with Gasteiger partial charge in [0, 0.05) is 26.2 Å². The first-order valence-electron chi connectivity index (χ1n) is 4.92. The molecule has 2 aliphatic rings. The Morgan fingerprint density at radius 2 is 2.08 bits per heavy atom. The van der Waals surface area contributed by atoms with E-state index in [4.69, 9.17) is 4.74 Å². The average molecular weight is 169 g/mol. The van der Waals surface area contributed by atoms with Gasteiger partial charge in [0.15, 0.2) is 0 Å². The van der Waals surface area contributed by atoms with E-state index in [9.17, 15) is 0 Å². The molecule has 2 heterocycles. The van der Waals surface area contributed by atoms with Gasteiger partial charge in [-0.2, -0.15) is 0 Å². The summed E-state index contributed by atoms with van der Waals surface area (Å²) in [6.45, 7) is 5.05. The minimum Gasteiger partial charge on any atom is -0.375 e. The molecule has 1 unspecified atom stereocenters. The lowest BCUT2D eigenvalue weighted by Crippen LogP contribution is -2.44. The highest BCUT2D eigenvalue weighted by Gasteiger charge is 2.25. The largest absolute Gasteiger partial charge is 0.375 e. The van der Waals surface area contributed by atoms with Crippen molar-refractivity contribution in [3.63, 3.8) is 0 Å². The second-order valence-corrected chi connectivity index (χ2v) is 3.62. The maximum absolute atomic E-state index is 5.71. The Hall–Kier alpha value is -0.120. The zero-order valence-corrected chi connectivity index (χ0v) is 7.46. The van der Waals surface area contributed by atoms with E-state index >= 15 is 0 Å². The number of nitrogens with one attached hydrogen (secondary N) is 1. The molecule has 0 saturated carbocycles. The summed E-state index contributed by atoms with van der Waals surface area (Å²) in [5, 5.41) is 7.72. The van der Waals surface area contributed by atoms with E-state index in [1.807, 2.05) is 0 Å². The summed E-state index contributed by atoms with van der Waals surface area (Å²) in [5.74, 6) is 0.760. The molecule has 0 bridgehead atoms. The Morgan fingerprint density at radius 3 is 2.75 bits per heavy atom. The molecule has 0 aromatic carbocycles. The number of hydrogen-bond donors (Lipinski definition) is 1. The predicted octanol–water partition coefficient (Wildman–Crippen LogP) is -0.0108. The second-order valence-electron chi connectivity index (χ2n) is 3.62. The molecule has 1 radical (unpaired) electrons. The van der Waals surface area contributed by atoms with E-state index in [0.717, 1.165) is 38.7 Å². The van der Waals surface area contributed by atoms with Gasteiger partial charge in [-0.15, -0.1) is 0 Å². The zero-order valence-electron chi connectivity index (χ0n) is 7.46. The summed E-state index contributed by atoms with van der Waals surface area (Å²) in [5.41, 5.74) is 0. The average Bonchev–Trinajstić information content (AvgIpc) is 2.21. The molecule has 3 nitrogen and oxygen atoms in total. The Morgan fingerprint density at radius 1 is 1.25 bits per heavy atom. The van der Waals surface area contributed by atoms with Gasteiger partial charge in [0.1, 0.15) is 0 Å². The third-order valence-corrected chi connectivity index (χ3v) is 2.80. The van der Waals surface area contributed by atoms with Crippen LogP contribution in [0.2, 0.25) is 0 Å². The van der Waals surface area contributed by atoms with Gasteiger partial charge in [-0.05, 0) is 18.8 Å². The topological polar surface area (TPSA) is 35.4 Å². The molecule has 0 spiro atoms. The van der Waals surface area contributed by atoms with Gasteiger partial charge in [-0.1, -0.05) is 0 Å². The summed E-state index contributed by atoms with van der Waals surface area (Å²) < 4.78 is 5.71. The highest BCUT2D eigenvalue weighted by molar-refractivity contribution is 4.79.